The normalized spacial score (nSPS) is 12.4. The van der Waals surface area contributed by atoms with E-state index in [0.717, 1.165) is 5.84 Å². The standard InChI is InChI=1S/C9H14N2S/c1-7(2)9(10)11-5-8-3-4-12-6-8/h3-4,6-7H,5H2,1-2H3,(H2,10,11). The predicted molar refractivity (Wildman–Crippen MR) is 54.5 cm³/mol. The highest BCUT2D eigenvalue weighted by Gasteiger charge is 1.98. The largest absolute Gasteiger partial charge is 0.387 e. The van der Waals surface area contributed by atoms with Crippen molar-refractivity contribution in [3.63, 3.8) is 0 Å². The molecule has 1 rings (SSSR count). The van der Waals surface area contributed by atoms with E-state index in [2.05, 4.69) is 21.8 Å². The van der Waals surface area contributed by atoms with E-state index in [4.69, 9.17) is 5.73 Å². The zero-order valence-electron chi connectivity index (χ0n) is 7.45. The lowest BCUT2D eigenvalue weighted by Crippen LogP contribution is -2.18. The molecule has 12 heavy (non-hydrogen) atoms. The van der Waals surface area contributed by atoms with E-state index in [1.54, 1.807) is 11.3 Å². The van der Waals surface area contributed by atoms with Crippen LogP contribution in [0.2, 0.25) is 0 Å². The molecule has 66 valence electrons. The van der Waals surface area contributed by atoms with Gasteiger partial charge in [-0.05, 0) is 22.4 Å². The lowest BCUT2D eigenvalue weighted by molar-refractivity contribution is 0.855. The summed E-state index contributed by atoms with van der Waals surface area (Å²) in [5.74, 6) is 1.09. The van der Waals surface area contributed by atoms with Crippen LogP contribution in [-0.2, 0) is 6.54 Å². The minimum absolute atomic E-state index is 0.351. The summed E-state index contributed by atoms with van der Waals surface area (Å²) >= 11 is 1.69. The third-order valence-electron chi connectivity index (χ3n) is 1.62. The molecule has 0 aliphatic rings. The molecule has 2 nitrogen and oxygen atoms in total. The molecular weight excluding hydrogens is 168 g/mol. The van der Waals surface area contributed by atoms with E-state index >= 15 is 0 Å². The molecule has 0 amide bonds. The Hall–Kier alpha value is -0.830. The van der Waals surface area contributed by atoms with Crippen LogP contribution < -0.4 is 5.73 Å². The van der Waals surface area contributed by atoms with E-state index < -0.39 is 0 Å². The van der Waals surface area contributed by atoms with Gasteiger partial charge in [0.2, 0.25) is 0 Å². The molecule has 1 aromatic heterocycles. The number of rotatable bonds is 3. The van der Waals surface area contributed by atoms with Gasteiger partial charge in [0.05, 0.1) is 12.4 Å². The summed E-state index contributed by atoms with van der Waals surface area (Å²) < 4.78 is 0. The fourth-order valence-electron chi connectivity index (χ4n) is 0.748. The van der Waals surface area contributed by atoms with Crippen molar-refractivity contribution in [2.45, 2.75) is 20.4 Å². The first kappa shape index (κ1) is 9.26. The van der Waals surface area contributed by atoms with Gasteiger partial charge < -0.3 is 5.73 Å². The fraction of sp³-hybridized carbons (Fsp3) is 0.444. The van der Waals surface area contributed by atoms with Gasteiger partial charge in [0.1, 0.15) is 0 Å². The number of hydrogen-bond donors (Lipinski definition) is 1. The van der Waals surface area contributed by atoms with E-state index in [1.807, 2.05) is 13.8 Å². The monoisotopic (exact) mass is 182 g/mol. The van der Waals surface area contributed by atoms with Crippen LogP contribution in [0.15, 0.2) is 21.8 Å². The molecule has 0 aliphatic heterocycles. The number of amidine groups is 1. The van der Waals surface area contributed by atoms with Gasteiger partial charge in [0.25, 0.3) is 0 Å². The second-order valence-corrected chi connectivity index (χ2v) is 3.81. The summed E-state index contributed by atoms with van der Waals surface area (Å²) in [6.07, 6.45) is 0. The van der Waals surface area contributed by atoms with Crippen molar-refractivity contribution in [3.05, 3.63) is 22.4 Å². The van der Waals surface area contributed by atoms with Crippen LogP contribution >= 0.6 is 11.3 Å². The average molecular weight is 182 g/mol. The van der Waals surface area contributed by atoms with Gasteiger partial charge in [-0.3, -0.25) is 4.99 Å². The first-order chi connectivity index (χ1) is 5.70. The minimum Gasteiger partial charge on any atom is -0.387 e. The van der Waals surface area contributed by atoms with Crippen molar-refractivity contribution >= 4 is 17.2 Å². The quantitative estimate of drug-likeness (QED) is 0.565. The van der Waals surface area contributed by atoms with Gasteiger partial charge in [-0.15, -0.1) is 0 Å². The Balaban J connectivity index is 2.49. The zero-order chi connectivity index (χ0) is 8.97. The van der Waals surface area contributed by atoms with Gasteiger partial charge in [0.15, 0.2) is 0 Å². The molecule has 2 N–H and O–H groups in total. The lowest BCUT2D eigenvalue weighted by Gasteiger charge is -2.02. The number of thiophene rings is 1. The Morgan fingerprint density at radius 3 is 2.92 bits per heavy atom. The zero-order valence-corrected chi connectivity index (χ0v) is 8.27. The highest BCUT2D eigenvalue weighted by Crippen LogP contribution is 2.07. The molecule has 0 aromatic carbocycles. The Morgan fingerprint density at radius 2 is 2.42 bits per heavy atom. The number of aliphatic imine (C=N–C) groups is 1. The molecule has 1 aromatic rings. The SMILES string of the molecule is CC(C)C(N)=NCc1ccsc1. The number of hydrogen-bond acceptors (Lipinski definition) is 2. The van der Waals surface area contributed by atoms with Crippen molar-refractivity contribution in [2.75, 3.05) is 0 Å². The van der Waals surface area contributed by atoms with E-state index in [9.17, 15) is 0 Å². The Morgan fingerprint density at radius 1 is 1.67 bits per heavy atom. The Labute approximate surface area is 77.1 Å². The molecule has 0 saturated carbocycles. The molecular formula is C9H14N2S. The molecule has 0 atom stereocenters. The van der Waals surface area contributed by atoms with Crippen molar-refractivity contribution in [1.29, 1.82) is 0 Å². The van der Waals surface area contributed by atoms with E-state index in [-0.39, 0.29) is 0 Å². The number of nitrogens with two attached hydrogens (primary N) is 1. The van der Waals surface area contributed by atoms with Crippen molar-refractivity contribution in [3.8, 4) is 0 Å². The van der Waals surface area contributed by atoms with Crippen LogP contribution in [-0.4, -0.2) is 5.84 Å². The van der Waals surface area contributed by atoms with Crippen LogP contribution in [0, 0.1) is 5.92 Å². The van der Waals surface area contributed by atoms with Gasteiger partial charge in [-0.2, -0.15) is 11.3 Å². The summed E-state index contributed by atoms with van der Waals surface area (Å²) in [5, 5.41) is 4.15. The summed E-state index contributed by atoms with van der Waals surface area (Å²) in [7, 11) is 0. The highest BCUT2D eigenvalue weighted by molar-refractivity contribution is 7.07. The Bertz CT molecular complexity index is 250. The maximum Gasteiger partial charge on any atom is 0.0966 e. The third kappa shape index (κ3) is 2.66. The molecule has 0 radical (unpaired) electrons. The van der Waals surface area contributed by atoms with Crippen molar-refractivity contribution in [2.24, 2.45) is 16.6 Å². The Kier molecular flexibility index (Phi) is 3.29. The van der Waals surface area contributed by atoms with Gasteiger partial charge in [-0.25, -0.2) is 0 Å². The number of nitrogens with zero attached hydrogens (tertiary/aromatic N) is 1. The topological polar surface area (TPSA) is 38.4 Å². The maximum atomic E-state index is 5.69. The molecule has 0 bridgehead atoms. The summed E-state index contributed by atoms with van der Waals surface area (Å²) in [5.41, 5.74) is 6.93. The highest BCUT2D eigenvalue weighted by atomic mass is 32.1. The van der Waals surface area contributed by atoms with Crippen LogP contribution in [0.5, 0.6) is 0 Å². The maximum absolute atomic E-state index is 5.69. The van der Waals surface area contributed by atoms with Gasteiger partial charge in [-0.1, -0.05) is 13.8 Å². The third-order valence-corrected chi connectivity index (χ3v) is 2.35. The molecule has 0 saturated heterocycles. The van der Waals surface area contributed by atoms with Crippen LogP contribution in [0.4, 0.5) is 0 Å². The molecule has 0 fully saturated rings. The van der Waals surface area contributed by atoms with Crippen LogP contribution in [0.25, 0.3) is 0 Å². The first-order valence-corrected chi connectivity index (χ1v) is 4.95. The van der Waals surface area contributed by atoms with Gasteiger partial charge >= 0.3 is 0 Å². The van der Waals surface area contributed by atoms with E-state index in [1.165, 1.54) is 5.56 Å². The van der Waals surface area contributed by atoms with Crippen LogP contribution in [0.3, 0.4) is 0 Å². The molecule has 0 spiro atoms. The first-order valence-electron chi connectivity index (χ1n) is 4.01. The van der Waals surface area contributed by atoms with Crippen LogP contribution in [0.1, 0.15) is 19.4 Å². The van der Waals surface area contributed by atoms with Crippen molar-refractivity contribution < 1.29 is 0 Å². The molecule has 3 heteroatoms. The summed E-state index contributed by atoms with van der Waals surface area (Å²) in [4.78, 5) is 4.27. The predicted octanol–water partition coefficient (Wildman–Crippen LogP) is 2.26. The molecule has 1 heterocycles. The average Bonchev–Trinajstić information content (AvgIpc) is 2.51. The summed E-state index contributed by atoms with van der Waals surface area (Å²) in [6, 6.07) is 2.07. The molecule has 0 unspecified atom stereocenters. The second-order valence-electron chi connectivity index (χ2n) is 3.03. The minimum atomic E-state index is 0.351. The smallest absolute Gasteiger partial charge is 0.0966 e. The lowest BCUT2D eigenvalue weighted by atomic mass is 10.2. The van der Waals surface area contributed by atoms with Crippen molar-refractivity contribution in [1.82, 2.24) is 0 Å². The summed E-state index contributed by atoms with van der Waals surface area (Å²) in [6.45, 7) is 4.81. The second kappa shape index (κ2) is 4.26. The van der Waals surface area contributed by atoms with Gasteiger partial charge in [0, 0.05) is 5.92 Å². The van der Waals surface area contributed by atoms with E-state index in [0.29, 0.717) is 12.5 Å². The fourth-order valence-corrected chi connectivity index (χ4v) is 1.41. The molecule has 0 aliphatic carbocycles.